The van der Waals surface area contributed by atoms with Crippen molar-refractivity contribution >= 4 is 12.0 Å². The summed E-state index contributed by atoms with van der Waals surface area (Å²) in [6.07, 6.45) is -0.293. The van der Waals surface area contributed by atoms with Gasteiger partial charge in [0.05, 0.1) is 5.56 Å². The van der Waals surface area contributed by atoms with E-state index in [-0.39, 0.29) is 6.08 Å². The Kier molecular flexibility index (Phi) is 3.45. The van der Waals surface area contributed by atoms with Crippen LogP contribution in [0.3, 0.4) is 0 Å². The van der Waals surface area contributed by atoms with Crippen molar-refractivity contribution in [3.8, 4) is 0 Å². The van der Waals surface area contributed by atoms with E-state index in [2.05, 4.69) is 0 Å². The highest BCUT2D eigenvalue weighted by molar-refractivity contribution is 5.89. The largest absolute Gasteiger partial charge is 0.476 e. The normalized spacial score (nSPS) is 11.8. The molecule has 8 heteroatoms. The number of aliphatic carboxylic acids is 1. The van der Waals surface area contributed by atoms with Crippen molar-refractivity contribution < 1.29 is 36.2 Å². The SMILES string of the molecule is O=C(O)/C(F)=C/c1c(F)c(F)c(F)c(F)c1F. The topological polar surface area (TPSA) is 37.3 Å². The Morgan fingerprint density at radius 1 is 0.882 bits per heavy atom. The molecule has 0 unspecified atom stereocenters. The molecule has 0 amide bonds. The summed E-state index contributed by atoms with van der Waals surface area (Å²) in [5.41, 5.74) is -1.65. The van der Waals surface area contributed by atoms with E-state index >= 15 is 0 Å². The second-order valence-electron chi connectivity index (χ2n) is 2.78. The van der Waals surface area contributed by atoms with Gasteiger partial charge in [0, 0.05) is 0 Å². The van der Waals surface area contributed by atoms with Crippen LogP contribution in [0.4, 0.5) is 26.3 Å². The summed E-state index contributed by atoms with van der Waals surface area (Å²) in [7, 11) is 0. The summed E-state index contributed by atoms with van der Waals surface area (Å²) in [4.78, 5) is 10.0. The van der Waals surface area contributed by atoms with Gasteiger partial charge in [0.2, 0.25) is 11.6 Å². The van der Waals surface area contributed by atoms with Crippen LogP contribution in [0.15, 0.2) is 5.83 Å². The van der Waals surface area contributed by atoms with Crippen molar-refractivity contribution in [3.63, 3.8) is 0 Å². The monoisotopic (exact) mass is 256 g/mol. The molecular formula is C9H2F6O2. The van der Waals surface area contributed by atoms with Gasteiger partial charge in [-0.25, -0.2) is 26.7 Å². The van der Waals surface area contributed by atoms with E-state index in [0.29, 0.717) is 0 Å². The predicted molar refractivity (Wildman–Crippen MR) is 43.0 cm³/mol. The summed E-state index contributed by atoms with van der Waals surface area (Å²) >= 11 is 0. The first-order valence-electron chi connectivity index (χ1n) is 3.89. The van der Waals surface area contributed by atoms with Gasteiger partial charge in [-0.15, -0.1) is 0 Å². The molecule has 0 radical (unpaired) electrons. The van der Waals surface area contributed by atoms with Crippen LogP contribution in [-0.2, 0) is 4.79 Å². The minimum absolute atomic E-state index is 0.293. The van der Waals surface area contributed by atoms with Crippen molar-refractivity contribution in [1.82, 2.24) is 0 Å². The minimum atomic E-state index is -2.41. The first-order valence-corrected chi connectivity index (χ1v) is 3.89. The molecule has 0 spiro atoms. The third kappa shape index (κ3) is 2.24. The van der Waals surface area contributed by atoms with Crippen LogP contribution in [0.2, 0.25) is 0 Å². The number of hydrogen-bond donors (Lipinski definition) is 1. The van der Waals surface area contributed by atoms with Gasteiger partial charge in [-0.1, -0.05) is 0 Å². The number of carboxylic acid groups (broad SMARTS) is 1. The Morgan fingerprint density at radius 3 is 1.59 bits per heavy atom. The summed E-state index contributed by atoms with van der Waals surface area (Å²) in [6, 6.07) is 0. The minimum Gasteiger partial charge on any atom is -0.476 e. The molecular weight excluding hydrogens is 254 g/mol. The molecule has 0 aliphatic carbocycles. The van der Waals surface area contributed by atoms with Crippen molar-refractivity contribution in [1.29, 1.82) is 0 Å². The molecule has 0 fully saturated rings. The van der Waals surface area contributed by atoms with Gasteiger partial charge in [0.25, 0.3) is 0 Å². The molecule has 0 saturated heterocycles. The second kappa shape index (κ2) is 4.48. The Bertz CT molecular complexity index is 494. The zero-order valence-corrected chi connectivity index (χ0v) is 7.70. The first-order chi connectivity index (χ1) is 7.77. The standard InChI is InChI=1S/C9H2F6O2/c10-3(9(16)17)1-2-4(11)6(13)8(15)7(14)5(2)12/h1H,(H,16,17)/b3-1-. The second-order valence-corrected chi connectivity index (χ2v) is 2.78. The molecule has 1 aromatic carbocycles. The Morgan fingerprint density at radius 2 is 1.24 bits per heavy atom. The zero-order chi connectivity index (χ0) is 13.3. The van der Waals surface area contributed by atoms with Gasteiger partial charge in [-0.2, -0.15) is 4.39 Å². The van der Waals surface area contributed by atoms with Crippen LogP contribution in [0, 0.1) is 29.1 Å². The molecule has 0 heterocycles. The number of carbonyl (C=O) groups is 1. The number of hydrogen-bond acceptors (Lipinski definition) is 1. The van der Waals surface area contributed by atoms with E-state index in [1.165, 1.54) is 0 Å². The highest BCUT2D eigenvalue weighted by Crippen LogP contribution is 2.25. The van der Waals surface area contributed by atoms with Crippen molar-refractivity contribution in [3.05, 3.63) is 40.5 Å². The van der Waals surface area contributed by atoms with Crippen LogP contribution >= 0.6 is 0 Å². The van der Waals surface area contributed by atoms with Crippen LogP contribution in [0.25, 0.3) is 6.08 Å². The Hall–Kier alpha value is -1.99. The molecule has 0 aliphatic heterocycles. The number of rotatable bonds is 2. The summed E-state index contributed by atoms with van der Waals surface area (Å²) in [5, 5.41) is 8.07. The van der Waals surface area contributed by atoms with E-state index in [0.717, 1.165) is 0 Å². The highest BCUT2D eigenvalue weighted by atomic mass is 19.2. The van der Waals surface area contributed by atoms with Crippen molar-refractivity contribution in [2.75, 3.05) is 0 Å². The Balaban J connectivity index is 3.56. The van der Waals surface area contributed by atoms with E-state index < -0.39 is 46.4 Å². The molecule has 0 aliphatic rings. The molecule has 0 saturated carbocycles. The lowest BCUT2D eigenvalue weighted by atomic mass is 10.1. The van der Waals surface area contributed by atoms with Crippen LogP contribution < -0.4 is 0 Å². The maximum atomic E-state index is 12.9. The van der Waals surface area contributed by atoms with E-state index in [9.17, 15) is 31.1 Å². The van der Waals surface area contributed by atoms with Gasteiger partial charge in [0.15, 0.2) is 23.3 Å². The molecule has 2 nitrogen and oxygen atoms in total. The van der Waals surface area contributed by atoms with Crippen molar-refractivity contribution in [2.24, 2.45) is 0 Å². The molecule has 0 bridgehead atoms. The van der Waals surface area contributed by atoms with E-state index in [1.807, 2.05) is 0 Å². The predicted octanol–water partition coefficient (Wildman–Crippen LogP) is 2.78. The van der Waals surface area contributed by atoms with E-state index in [1.54, 1.807) is 0 Å². The zero-order valence-electron chi connectivity index (χ0n) is 7.70. The first kappa shape index (κ1) is 13.1. The van der Waals surface area contributed by atoms with E-state index in [4.69, 9.17) is 5.11 Å². The van der Waals surface area contributed by atoms with Gasteiger partial charge < -0.3 is 5.11 Å². The molecule has 0 atom stereocenters. The van der Waals surface area contributed by atoms with Crippen LogP contribution in [0.5, 0.6) is 0 Å². The van der Waals surface area contributed by atoms with Crippen LogP contribution in [-0.4, -0.2) is 11.1 Å². The highest BCUT2D eigenvalue weighted by Gasteiger charge is 2.25. The number of carboxylic acids is 1. The summed E-state index contributed by atoms with van der Waals surface area (Å²) in [5.74, 6) is -15.9. The maximum absolute atomic E-state index is 12.9. The fourth-order valence-corrected chi connectivity index (χ4v) is 0.937. The number of halogens is 6. The van der Waals surface area contributed by atoms with Gasteiger partial charge in [-0.05, 0) is 6.08 Å². The van der Waals surface area contributed by atoms with Gasteiger partial charge in [0.1, 0.15) is 0 Å². The molecule has 17 heavy (non-hydrogen) atoms. The smallest absolute Gasteiger partial charge is 0.364 e. The fourth-order valence-electron chi connectivity index (χ4n) is 0.937. The molecule has 1 rings (SSSR count). The lowest BCUT2D eigenvalue weighted by Crippen LogP contribution is -2.05. The quantitative estimate of drug-likeness (QED) is 0.382. The summed E-state index contributed by atoms with van der Waals surface area (Å²) < 4.78 is 76.1. The Labute approximate surface area is 89.8 Å². The third-order valence-corrected chi connectivity index (χ3v) is 1.72. The maximum Gasteiger partial charge on any atom is 0.364 e. The third-order valence-electron chi connectivity index (χ3n) is 1.72. The lowest BCUT2D eigenvalue weighted by Gasteiger charge is -2.04. The average Bonchev–Trinajstić information content (AvgIpc) is 2.29. The van der Waals surface area contributed by atoms with Crippen LogP contribution in [0.1, 0.15) is 5.56 Å². The molecule has 1 aromatic rings. The summed E-state index contributed by atoms with van der Waals surface area (Å²) in [6.45, 7) is 0. The van der Waals surface area contributed by atoms with Crippen molar-refractivity contribution in [2.45, 2.75) is 0 Å². The average molecular weight is 256 g/mol. The number of benzene rings is 1. The fraction of sp³-hybridized carbons (Fsp3) is 0. The molecule has 92 valence electrons. The molecule has 1 N–H and O–H groups in total. The van der Waals surface area contributed by atoms with Gasteiger partial charge >= 0.3 is 5.97 Å². The molecule has 0 aromatic heterocycles. The lowest BCUT2D eigenvalue weighted by molar-refractivity contribution is -0.134. The van der Waals surface area contributed by atoms with Gasteiger partial charge in [-0.3, -0.25) is 0 Å².